The minimum atomic E-state index is -0.517. The van der Waals surface area contributed by atoms with Gasteiger partial charge in [-0.3, -0.25) is 0 Å². The average Bonchev–Trinajstić information content (AvgIpc) is 3.04. The van der Waals surface area contributed by atoms with Crippen molar-refractivity contribution in [3.8, 4) is 0 Å². The molecule has 24 heavy (non-hydrogen) atoms. The molecule has 0 spiro atoms. The Bertz CT molecular complexity index is 682. The van der Waals surface area contributed by atoms with Crippen LogP contribution in [0.15, 0.2) is 29.6 Å². The van der Waals surface area contributed by atoms with Gasteiger partial charge in [-0.1, -0.05) is 18.2 Å². The van der Waals surface area contributed by atoms with Gasteiger partial charge in [-0.2, -0.15) is 0 Å². The predicted molar refractivity (Wildman–Crippen MR) is 96.3 cm³/mol. The van der Waals surface area contributed by atoms with Gasteiger partial charge in [0.05, 0.1) is 12.1 Å². The Morgan fingerprint density at radius 1 is 1.38 bits per heavy atom. The highest BCUT2D eigenvalue weighted by Crippen LogP contribution is 2.29. The fourth-order valence-electron chi connectivity index (χ4n) is 3.12. The number of carbonyl (C=O) groups excluding carboxylic acids is 1. The van der Waals surface area contributed by atoms with Crippen LogP contribution in [0.3, 0.4) is 0 Å². The van der Waals surface area contributed by atoms with Gasteiger partial charge < -0.3 is 20.5 Å². The summed E-state index contributed by atoms with van der Waals surface area (Å²) in [6.07, 6.45) is 1.18. The van der Waals surface area contributed by atoms with Crippen LogP contribution in [0.25, 0.3) is 10.1 Å². The van der Waals surface area contributed by atoms with E-state index in [9.17, 15) is 9.90 Å². The highest BCUT2D eigenvalue weighted by atomic mass is 32.1. The summed E-state index contributed by atoms with van der Waals surface area (Å²) in [6, 6.07) is 7.86. The SMILES string of the molecule is C[C@H](NC(=O)NC[C@H](O)C1CCOCC1)c1csc2ccccc12. The second kappa shape index (κ2) is 7.96. The lowest BCUT2D eigenvalue weighted by Crippen LogP contribution is -2.43. The zero-order chi connectivity index (χ0) is 16.9. The molecule has 2 aromatic rings. The van der Waals surface area contributed by atoms with E-state index >= 15 is 0 Å². The summed E-state index contributed by atoms with van der Waals surface area (Å²) in [6.45, 7) is 3.63. The molecule has 0 unspecified atom stereocenters. The predicted octanol–water partition coefficient (Wildman–Crippen LogP) is 3.05. The summed E-state index contributed by atoms with van der Waals surface area (Å²) in [7, 11) is 0. The van der Waals surface area contributed by atoms with Gasteiger partial charge in [-0.15, -0.1) is 11.3 Å². The van der Waals surface area contributed by atoms with Crippen molar-refractivity contribution in [2.75, 3.05) is 19.8 Å². The maximum absolute atomic E-state index is 12.1. The Morgan fingerprint density at radius 2 is 2.12 bits per heavy atom. The first-order valence-electron chi connectivity index (χ1n) is 8.41. The van der Waals surface area contributed by atoms with Crippen LogP contribution in [-0.4, -0.2) is 37.0 Å². The summed E-state index contributed by atoms with van der Waals surface area (Å²) >= 11 is 1.68. The molecule has 1 aromatic heterocycles. The molecule has 6 heteroatoms. The van der Waals surface area contributed by atoms with Crippen molar-refractivity contribution in [2.24, 2.45) is 5.92 Å². The Hall–Kier alpha value is -1.63. The normalized spacial score (nSPS) is 18.2. The fourth-order valence-corrected chi connectivity index (χ4v) is 4.18. The minimum Gasteiger partial charge on any atom is -0.391 e. The molecule has 1 fully saturated rings. The van der Waals surface area contributed by atoms with Crippen molar-refractivity contribution in [3.63, 3.8) is 0 Å². The molecule has 130 valence electrons. The number of urea groups is 1. The van der Waals surface area contributed by atoms with Crippen LogP contribution >= 0.6 is 11.3 Å². The highest BCUT2D eigenvalue weighted by Gasteiger charge is 2.22. The Morgan fingerprint density at radius 3 is 2.92 bits per heavy atom. The number of rotatable bonds is 5. The molecule has 5 nitrogen and oxygen atoms in total. The van der Waals surface area contributed by atoms with Crippen LogP contribution in [0.4, 0.5) is 4.79 Å². The van der Waals surface area contributed by atoms with Gasteiger partial charge in [-0.05, 0) is 48.1 Å². The number of fused-ring (bicyclic) bond motifs is 1. The van der Waals surface area contributed by atoms with Crippen LogP contribution < -0.4 is 10.6 Å². The average molecular weight is 348 g/mol. The van der Waals surface area contributed by atoms with E-state index in [1.165, 1.54) is 10.1 Å². The molecule has 1 aliphatic rings. The molecule has 1 aromatic carbocycles. The number of hydrogen-bond donors (Lipinski definition) is 3. The highest BCUT2D eigenvalue weighted by molar-refractivity contribution is 7.17. The van der Waals surface area contributed by atoms with Crippen molar-refractivity contribution in [1.29, 1.82) is 0 Å². The molecule has 0 radical (unpaired) electrons. The molecular weight excluding hydrogens is 324 g/mol. The van der Waals surface area contributed by atoms with E-state index in [4.69, 9.17) is 4.74 Å². The zero-order valence-corrected chi connectivity index (χ0v) is 14.6. The van der Waals surface area contributed by atoms with Crippen molar-refractivity contribution < 1.29 is 14.6 Å². The van der Waals surface area contributed by atoms with Crippen LogP contribution in [0.2, 0.25) is 0 Å². The van der Waals surface area contributed by atoms with Crippen LogP contribution in [-0.2, 0) is 4.74 Å². The van der Waals surface area contributed by atoms with E-state index in [1.54, 1.807) is 11.3 Å². The number of thiophene rings is 1. The number of aliphatic hydroxyl groups is 1. The molecule has 0 aliphatic carbocycles. The Balaban J connectivity index is 1.51. The van der Waals surface area contributed by atoms with Gasteiger partial charge in [0.1, 0.15) is 0 Å². The van der Waals surface area contributed by atoms with Gasteiger partial charge in [0.25, 0.3) is 0 Å². The number of hydrogen-bond acceptors (Lipinski definition) is 4. The largest absolute Gasteiger partial charge is 0.391 e. The van der Waals surface area contributed by atoms with Crippen molar-refractivity contribution >= 4 is 27.5 Å². The summed E-state index contributed by atoms with van der Waals surface area (Å²) in [4.78, 5) is 12.1. The van der Waals surface area contributed by atoms with Gasteiger partial charge >= 0.3 is 6.03 Å². The molecule has 1 saturated heterocycles. The number of amides is 2. The molecule has 1 aliphatic heterocycles. The first-order chi connectivity index (χ1) is 11.6. The first kappa shape index (κ1) is 17.2. The van der Waals surface area contributed by atoms with Gasteiger partial charge in [0.2, 0.25) is 0 Å². The maximum Gasteiger partial charge on any atom is 0.315 e. The van der Waals surface area contributed by atoms with Crippen LogP contribution in [0.5, 0.6) is 0 Å². The van der Waals surface area contributed by atoms with E-state index in [2.05, 4.69) is 28.1 Å². The molecule has 0 saturated carbocycles. The van der Waals surface area contributed by atoms with E-state index in [0.29, 0.717) is 13.2 Å². The molecule has 0 bridgehead atoms. The Kier molecular flexibility index (Phi) is 5.71. The molecule has 2 atom stereocenters. The van der Waals surface area contributed by atoms with Crippen LogP contribution in [0, 0.1) is 5.92 Å². The summed E-state index contributed by atoms with van der Waals surface area (Å²) in [5, 5.41) is 19.2. The summed E-state index contributed by atoms with van der Waals surface area (Å²) < 4.78 is 6.51. The lowest BCUT2D eigenvalue weighted by atomic mass is 9.94. The van der Waals surface area contributed by atoms with Crippen molar-refractivity contribution in [2.45, 2.75) is 31.9 Å². The smallest absolute Gasteiger partial charge is 0.315 e. The van der Waals surface area contributed by atoms with Gasteiger partial charge in [0.15, 0.2) is 0 Å². The second-order valence-electron chi connectivity index (χ2n) is 6.28. The lowest BCUT2D eigenvalue weighted by Gasteiger charge is -2.27. The number of aliphatic hydroxyl groups excluding tert-OH is 1. The molecule has 3 rings (SSSR count). The van der Waals surface area contributed by atoms with E-state index in [-0.39, 0.29) is 24.5 Å². The monoisotopic (exact) mass is 348 g/mol. The maximum atomic E-state index is 12.1. The number of ether oxygens (including phenoxy) is 1. The lowest BCUT2D eigenvalue weighted by molar-refractivity contribution is 0.00949. The standard InChI is InChI=1S/C18H24N2O3S/c1-12(15-11-24-17-5-3-2-4-14(15)17)20-18(22)19-10-16(21)13-6-8-23-9-7-13/h2-5,11-13,16,21H,6-10H2,1H3,(H2,19,20,22)/t12-,16-/m0/s1. The minimum absolute atomic E-state index is 0.0821. The quantitative estimate of drug-likeness (QED) is 0.778. The third-order valence-electron chi connectivity index (χ3n) is 4.61. The molecule has 2 heterocycles. The topological polar surface area (TPSA) is 70.6 Å². The Labute approximate surface area is 146 Å². The third kappa shape index (κ3) is 4.06. The number of benzene rings is 1. The zero-order valence-electron chi connectivity index (χ0n) is 13.8. The number of carbonyl (C=O) groups is 1. The van der Waals surface area contributed by atoms with Gasteiger partial charge in [-0.25, -0.2) is 4.79 Å². The molecule has 2 amide bonds. The summed E-state index contributed by atoms with van der Waals surface area (Å²) in [5.41, 5.74) is 1.12. The van der Waals surface area contributed by atoms with Crippen molar-refractivity contribution in [1.82, 2.24) is 10.6 Å². The van der Waals surface area contributed by atoms with Crippen molar-refractivity contribution in [3.05, 3.63) is 35.2 Å². The second-order valence-corrected chi connectivity index (χ2v) is 7.19. The third-order valence-corrected chi connectivity index (χ3v) is 5.59. The fraction of sp³-hybridized carbons (Fsp3) is 0.500. The summed E-state index contributed by atoms with van der Waals surface area (Å²) in [5.74, 6) is 0.206. The molecular formula is C18H24N2O3S. The van der Waals surface area contributed by atoms with E-state index in [0.717, 1.165) is 18.4 Å². The van der Waals surface area contributed by atoms with Crippen LogP contribution in [0.1, 0.15) is 31.4 Å². The first-order valence-corrected chi connectivity index (χ1v) is 9.29. The van der Waals surface area contributed by atoms with E-state index < -0.39 is 6.10 Å². The molecule has 3 N–H and O–H groups in total. The number of nitrogens with one attached hydrogen (secondary N) is 2. The van der Waals surface area contributed by atoms with Gasteiger partial charge in [0, 0.05) is 24.5 Å². The van der Waals surface area contributed by atoms with E-state index in [1.807, 2.05) is 19.1 Å².